The number of aromatic nitrogens is 2. The fourth-order valence-electron chi connectivity index (χ4n) is 3.40. The highest BCUT2D eigenvalue weighted by Crippen LogP contribution is 2.16. The zero-order chi connectivity index (χ0) is 17.6. The minimum absolute atomic E-state index is 0.331. The van der Waals surface area contributed by atoms with Crippen molar-refractivity contribution in [2.75, 3.05) is 19.7 Å². The summed E-state index contributed by atoms with van der Waals surface area (Å²) in [5.41, 5.74) is 5.63. The van der Waals surface area contributed by atoms with E-state index in [2.05, 4.69) is 47.1 Å². The number of hydrogen-bond acceptors (Lipinski definition) is 4. The lowest BCUT2D eigenvalue weighted by Crippen LogP contribution is -2.42. The van der Waals surface area contributed by atoms with Gasteiger partial charge < -0.3 is 4.74 Å². The Labute approximate surface area is 151 Å². The van der Waals surface area contributed by atoms with Crippen molar-refractivity contribution in [2.45, 2.75) is 52.7 Å². The van der Waals surface area contributed by atoms with Crippen molar-refractivity contribution in [3.8, 4) is 0 Å². The average Bonchev–Trinajstić information content (AvgIpc) is 2.61. The molecule has 1 aliphatic rings. The van der Waals surface area contributed by atoms with Gasteiger partial charge in [-0.2, -0.15) is 0 Å². The van der Waals surface area contributed by atoms with Crippen LogP contribution in [0.4, 0.5) is 0 Å². The van der Waals surface area contributed by atoms with E-state index in [0.29, 0.717) is 6.10 Å². The van der Waals surface area contributed by atoms with E-state index in [4.69, 9.17) is 9.72 Å². The van der Waals surface area contributed by atoms with E-state index in [9.17, 15) is 0 Å². The topological polar surface area (TPSA) is 38.2 Å². The van der Waals surface area contributed by atoms with Crippen LogP contribution in [-0.4, -0.2) is 40.7 Å². The van der Waals surface area contributed by atoms with Gasteiger partial charge in [0.25, 0.3) is 0 Å². The molecule has 2 aromatic rings. The van der Waals surface area contributed by atoms with Crippen LogP contribution in [-0.2, 0) is 17.7 Å². The molecule has 4 nitrogen and oxygen atoms in total. The van der Waals surface area contributed by atoms with Crippen molar-refractivity contribution in [3.05, 3.63) is 58.7 Å². The maximum absolute atomic E-state index is 5.98. The lowest BCUT2D eigenvalue weighted by Gasteiger charge is -2.33. The molecule has 0 bridgehead atoms. The summed E-state index contributed by atoms with van der Waals surface area (Å²) in [5.74, 6) is 0. The standard InChI is InChI=1S/C21H29N3O/c1-16-17(2)23-21(18(3)22-16)15-24-12-13-25-20(14-24)11-7-10-19-8-5-4-6-9-19/h4-6,8-9,20H,7,10-15H2,1-3H3/t20-/m0/s1. The van der Waals surface area contributed by atoms with Crippen LogP contribution in [0.3, 0.4) is 0 Å². The Balaban J connectivity index is 1.50. The van der Waals surface area contributed by atoms with Crippen molar-refractivity contribution in [1.29, 1.82) is 0 Å². The molecule has 1 aliphatic heterocycles. The third-order valence-electron chi connectivity index (χ3n) is 5.01. The number of nitrogens with zero attached hydrogens (tertiary/aromatic N) is 3. The molecule has 134 valence electrons. The molecule has 2 heterocycles. The Kier molecular flexibility index (Phi) is 6.16. The predicted molar refractivity (Wildman–Crippen MR) is 101 cm³/mol. The number of ether oxygens (including phenoxy) is 1. The van der Waals surface area contributed by atoms with Gasteiger partial charge in [0.1, 0.15) is 0 Å². The van der Waals surface area contributed by atoms with Gasteiger partial charge in [-0.25, -0.2) is 0 Å². The van der Waals surface area contributed by atoms with E-state index in [1.807, 2.05) is 13.8 Å². The van der Waals surface area contributed by atoms with Crippen LogP contribution in [0.2, 0.25) is 0 Å². The van der Waals surface area contributed by atoms with Crippen LogP contribution >= 0.6 is 0 Å². The zero-order valence-electron chi connectivity index (χ0n) is 15.7. The maximum atomic E-state index is 5.98. The number of aryl methyl sites for hydroxylation is 4. The molecule has 1 atom stereocenters. The average molecular weight is 339 g/mol. The van der Waals surface area contributed by atoms with Gasteiger partial charge in [0, 0.05) is 19.6 Å². The van der Waals surface area contributed by atoms with Gasteiger partial charge in [0.15, 0.2) is 0 Å². The molecule has 0 amide bonds. The predicted octanol–water partition coefficient (Wildman–Crippen LogP) is 3.63. The van der Waals surface area contributed by atoms with Gasteiger partial charge in [0.05, 0.1) is 35.5 Å². The number of benzene rings is 1. The third kappa shape index (κ3) is 5.10. The molecular weight excluding hydrogens is 310 g/mol. The van der Waals surface area contributed by atoms with E-state index in [1.165, 1.54) is 12.0 Å². The molecule has 0 spiro atoms. The largest absolute Gasteiger partial charge is 0.376 e. The van der Waals surface area contributed by atoms with Gasteiger partial charge in [-0.1, -0.05) is 30.3 Å². The minimum atomic E-state index is 0.331. The molecular formula is C21H29N3O. The van der Waals surface area contributed by atoms with Crippen molar-refractivity contribution in [2.24, 2.45) is 0 Å². The first-order valence-electron chi connectivity index (χ1n) is 9.30. The summed E-state index contributed by atoms with van der Waals surface area (Å²) >= 11 is 0. The zero-order valence-corrected chi connectivity index (χ0v) is 15.7. The van der Waals surface area contributed by atoms with E-state index >= 15 is 0 Å². The van der Waals surface area contributed by atoms with Crippen LogP contribution in [0.15, 0.2) is 30.3 Å². The molecule has 1 aromatic carbocycles. The third-order valence-corrected chi connectivity index (χ3v) is 5.01. The summed E-state index contributed by atoms with van der Waals surface area (Å²) in [4.78, 5) is 11.8. The Hall–Kier alpha value is -1.78. The van der Waals surface area contributed by atoms with Crippen LogP contribution in [0.25, 0.3) is 0 Å². The molecule has 1 fully saturated rings. The summed E-state index contributed by atoms with van der Waals surface area (Å²) in [6, 6.07) is 10.7. The van der Waals surface area contributed by atoms with Crippen molar-refractivity contribution < 1.29 is 4.74 Å². The van der Waals surface area contributed by atoms with E-state index < -0.39 is 0 Å². The second-order valence-electron chi connectivity index (χ2n) is 7.03. The summed E-state index contributed by atoms with van der Waals surface area (Å²) in [6.45, 7) is 9.78. The first kappa shape index (κ1) is 18.0. The van der Waals surface area contributed by atoms with E-state index in [0.717, 1.165) is 61.9 Å². The van der Waals surface area contributed by atoms with Gasteiger partial charge in [0.2, 0.25) is 0 Å². The highest BCUT2D eigenvalue weighted by Gasteiger charge is 2.21. The van der Waals surface area contributed by atoms with E-state index in [-0.39, 0.29) is 0 Å². The van der Waals surface area contributed by atoms with Gasteiger partial charge in [-0.15, -0.1) is 0 Å². The highest BCUT2D eigenvalue weighted by atomic mass is 16.5. The first-order valence-corrected chi connectivity index (χ1v) is 9.30. The summed E-state index contributed by atoms with van der Waals surface area (Å²) in [6.07, 6.45) is 3.74. The molecule has 1 saturated heterocycles. The lowest BCUT2D eigenvalue weighted by atomic mass is 10.0. The molecule has 25 heavy (non-hydrogen) atoms. The molecule has 0 saturated carbocycles. The summed E-state index contributed by atoms with van der Waals surface area (Å²) in [7, 11) is 0. The van der Waals surface area contributed by atoms with Crippen molar-refractivity contribution >= 4 is 0 Å². The second-order valence-corrected chi connectivity index (χ2v) is 7.03. The Morgan fingerprint density at radius 1 is 1.04 bits per heavy atom. The van der Waals surface area contributed by atoms with Crippen LogP contribution in [0.5, 0.6) is 0 Å². The quantitative estimate of drug-likeness (QED) is 0.805. The molecule has 4 heteroatoms. The van der Waals surface area contributed by atoms with Crippen molar-refractivity contribution in [3.63, 3.8) is 0 Å². The summed E-state index contributed by atoms with van der Waals surface area (Å²) in [5, 5.41) is 0. The van der Waals surface area contributed by atoms with Crippen LogP contribution < -0.4 is 0 Å². The number of rotatable bonds is 6. The molecule has 0 unspecified atom stereocenters. The minimum Gasteiger partial charge on any atom is -0.376 e. The summed E-state index contributed by atoms with van der Waals surface area (Å²) < 4.78 is 5.98. The van der Waals surface area contributed by atoms with Gasteiger partial charge in [-0.3, -0.25) is 14.9 Å². The van der Waals surface area contributed by atoms with Gasteiger partial charge in [-0.05, 0) is 45.6 Å². The highest BCUT2D eigenvalue weighted by molar-refractivity contribution is 5.18. The lowest BCUT2D eigenvalue weighted by molar-refractivity contribution is -0.0359. The Bertz CT molecular complexity index is 687. The molecule has 0 aliphatic carbocycles. The molecule has 0 N–H and O–H groups in total. The normalized spacial score (nSPS) is 18.4. The number of morpholine rings is 1. The number of hydrogen-bond donors (Lipinski definition) is 0. The monoisotopic (exact) mass is 339 g/mol. The van der Waals surface area contributed by atoms with Crippen LogP contribution in [0.1, 0.15) is 41.2 Å². The SMILES string of the molecule is Cc1nc(C)c(CN2CCO[C@@H](CCCc3ccccc3)C2)nc1C. The van der Waals surface area contributed by atoms with Crippen LogP contribution in [0, 0.1) is 20.8 Å². The Morgan fingerprint density at radius 2 is 1.80 bits per heavy atom. The van der Waals surface area contributed by atoms with Gasteiger partial charge >= 0.3 is 0 Å². The first-order chi connectivity index (χ1) is 12.1. The fraction of sp³-hybridized carbons (Fsp3) is 0.524. The fourth-order valence-corrected chi connectivity index (χ4v) is 3.40. The van der Waals surface area contributed by atoms with E-state index in [1.54, 1.807) is 0 Å². The maximum Gasteiger partial charge on any atom is 0.0759 e. The van der Waals surface area contributed by atoms with Crippen molar-refractivity contribution in [1.82, 2.24) is 14.9 Å². The Morgan fingerprint density at radius 3 is 2.60 bits per heavy atom. The second kappa shape index (κ2) is 8.54. The molecule has 1 aromatic heterocycles. The molecule has 0 radical (unpaired) electrons. The molecule has 3 rings (SSSR count). The smallest absolute Gasteiger partial charge is 0.0759 e.